The van der Waals surface area contributed by atoms with Crippen molar-refractivity contribution in [2.24, 2.45) is 0 Å². The normalized spacial score (nSPS) is 10.3. The fourth-order valence-corrected chi connectivity index (χ4v) is 2.02. The Kier molecular flexibility index (Phi) is 4.77. The Morgan fingerprint density at radius 2 is 2.05 bits per heavy atom. The highest BCUT2D eigenvalue weighted by Crippen LogP contribution is 2.21. The molecule has 4 N–H and O–H groups in total. The molecule has 1 aromatic heterocycles. The number of carboxylic acids is 1. The molecule has 5 heteroatoms. The topological polar surface area (TPSA) is 88.2 Å². The molecule has 2 aromatic rings. The van der Waals surface area contributed by atoms with Gasteiger partial charge in [-0.05, 0) is 36.6 Å². The van der Waals surface area contributed by atoms with Crippen molar-refractivity contribution in [3.63, 3.8) is 0 Å². The molecule has 0 amide bonds. The Morgan fingerprint density at radius 3 is 2.67 bits per heavy atom. The van der Waals surface area contributed by atoms with Crippen molar-refractivity contribution >= 4 is 23.2 Å². The zero-order chi connectivity index (χ0) is 15.2. The number of anilines is 3. The van der Waals surface area contributed by atoms with Crippen LogP contribution in [0.4, 0.5) is 17.2 Å². The van der Waals surface area contributed by atoms with E-state index in [-0.39, 0.29) is 11.4 Å². The van der Waals surface area contributed by atoms with E-state index >= 15 is 0 Å². The molecule has 1 aromatic carbocycles. The molecule has 110 valence electrons. The van der Waals surface area contributed by atoms with Crippen molar-refractivity contribution in [2.75, 3.05) is 11.1 Å². The number of aromatic nitrogens is 1. The predicted octanol–water partition coefficient (Wildman–Crippen LogP) is 3.45. The smallest absolute Gasteiger partial charge is 0.339 e. The van der Waals surface area contributed by atoms with Crippen molar-refractivity contribution in [3.05, 3.63) is 47.7 Å². The number of rotatable bonds is 6. The molecule has 0 aliphatic carbocycles. The van der Waals surface area contributed by atoms with Crippen LogP contribution in [0.2, 0.25) is 0 Å². The van der Waals surface area contributed by atoms with Crippen LogP contribution in [0.3, 0.4) is 0 Å². The molecule has 2 rings (SSSR count). The minimum atomic E-state index is -1.06. The molecule has 0 bridgehead atoms. The number of benzene rings is 1. The molecule has 5 nitrogen and oxygen atoms in total. The number of hydrogen-bond acceptors (Lipinski definition) is 4. The number of nitrogens with zero attached hydrogens (tertiary/aromatic N) is 1. The first-order valence-electron chi connectivity index (χ1n) is 6.95. The van der Waals surface area contributed by atoms with Gasteiger partial charge in [-0.15, -0.1) is 0 Å². The Labute approximate surface area is 123 Å². The summed E-state index contributed by atoms with van der Waals surface area (Å²) in [6.07, 6.45) is 4.81. The molecule has 0 saturated heterocycles. The maximum atomic E-state index is 11.2. The standard InChI is InChI=1S/C16H19N3O2/c1-2-3-4-11-5-7-13(8-6-11)19-15-14(16(20)21)9-12(17)10-18-15/h5-10H,2-4,17H2,1H3,(H,18,19)(H,20,21). The largest absolute Gasteiger partial charge is 0.478 e. The van der Waals surface area contributed by atoms with Gasteiger partial charge in [-0.3, -0.25) is 0 Å². The van der Waals surface area contributed by atoms with Gasteiger partial charge in [0.1, 0.15) is 11.4 Å². The molecular weight excluding hydrogens is 266 g/mol. The van der Waals surface area contributed by atoms with E-state index in [1.54, 1.807) is 0 Å². The predicted molar refractivity (Wildman–Crippen MR) is 83.9 cm³/mol. The highest BCUT2D eigenvalue weighted by atomic mass is 16.4. The SMILES string of the molecule is CCCCc1ccc(Nc2ncc(N)cc2C(=O)O)cc1. The summed E-state index contributed by atoms with van der Waals surface area (Å²) in [4.78, 5) is 15.3. The molecule has 0 unspecified atom stereocenters. The molecule has 0 atom stereocenters. The second-order valence-corrected chi connectivity index (χ2v) is 4.90. The molecule has 1 heterocycles. The molecule has 0 saturated carbocycles. The minimum Gasteiger partial charge on any atom is -0.478 e. The summed E-state index contributed by atoms with van der Waals surface area (Å²) in [5.41, 5.74) is 8.03. The van der Waals surface area contributed by atoms with Crippen molar-refractivity contribution in [2.45, 2.75) is 26.2 Å². The maximum absolute atomic E-state index is 11.2. The van der Waals surface area contributed by atoms with Crippen molar-refractivity contribution < 1.29 is 9.90 Å². The van der Waals surface area contributed by atoms with E-state index in [0.717, 1.165) is 24.9 Å². The summed E-state index contributed by atoms with van der Waals surface area (Å²) in [5, 5.41) is 12.2. The van der Waals surface area contributed by atoms with E-state index in [1.807, 2.05) is 24.3 Å². The van der Waals surface area contributed by atoms with Gasteiger partial charge in [0.05, 0.1) is 11.9 Å². The minimum absolute atomic E-state index is 0.0602. The first-order chi connectivity index (χ1) is 10.1. The van der Waals surface area contributed by atoms with Gasteiger partial charge < -0.3 is 16.2 Å². The molecule has 0 aliphatic rings. The summed E-state index contributed by atoms with van der Waals surface area (Å²) in [5.74, 6) is -0.769. The summed E-state index contributed by atoms with van der Waals surface area (Å²) in [6.45, 7) is 2.16. The lowest BCUT2D eigenvalue weighted by atomic mass is 10.1. The highest BCUT2D eigenvalue weighted by Gasteiger charge is 2.12. The monoisotopic (exact) mass is 285 g/mol. The van der Waals surface area contributed by atoms with E-state index in [4.69, 9.17) is 5.73 Å². The first kappa shape index (κ1) is 14.8. The van der Waals surface area contributed by atoms with Gasteiger partial charge in [0.15, 0.2) is 0 Å². The van der Waals surface area contributed by atoms with Gasteiger partial charge in [0.2, 0.25) is 0 Å². The van der Waals surface area contributed by atoms with Crippen LogP contribution in [-0.4, -0.2) is 16.1 Å². The van der Waals surface area contributed by atoms with Crippen LogP contribution >= 0.6 is 0 Å². The van der Waals surface area contributed by atoms with E-state index in [1.165, 1.54) is 17.8 Å². The van der Waals surface area contributed by atoms with Crippen LogP contribution in [0.5, 0.6) is 0 Å². The fraction of sp³-hybridized carbons (Fsp3) is 0.250. The Bertz CT molecular complexity index is 624. The van der Waals surface area contributed by atoms with Gasteiger partial charge in [-0.1, -0.05) is 25.5 Å². The number of nitrogens with two attached hydrogens (primary N) is 1. The molecule has 0 spiro atoms. The van der Waals surface area contributed by atoms with Crippen molar-refractivity contribution in [1.29, 1.82) is 0 Å². The number of hydrogen-bond donors (Lipinski definition) is 3. The third-order valence-corrected chi connectivity index (χ3v) is 3.17. The van der Waals surface area contributed by atoms with Gasteiger partial charge in [-0.2, -0.15) is 0 Å². The Balaban J connectivity index is 2.16. The lowest BCUT2D eigenvalue weighted by Crippen LogP contribution is -2.06. The summed E-state index contributed by atoms with van der Waals surface area (Å²) in [7, 11) is 0. The van der Waals surface area contributed by atoms with Crippen LogP contribution in [0, 0.1) is 0 Å². The maximum Gasteiger partial charge on any atom is 0.339 e. The van der Waals surface area contributed by atoms with E-state index < -0.39 is 5.97 Å². The number of pyridine rings is 1. The van der Waals surface area contributed by atoms with Crippen LogP contribution in [0.1, 0.15) is 35.7 Å². The Hall–Kier alpha value is -2.56. The van der Waals surface area contributed by atoms with Gasteiger partial charge in [0.25, 0.3) is 0 Å². The number of nitrogens with one attached hydrogen (secondary N) is 1. The number of unbranched alkanes of at least 4 members (excludes halogenated alkanes) is 1. The summed E-state index contributed by atoms with van der Waals surface area (Å²) in [6, 6.07) is 9.32. The number of aromatic carboxylic acids is 1. The lowest BCUT2D eigenvalue weighted by Gasteiger charge is -2.10. The first-order valence-corrected chi connectivity index (χ1v) is 6.95. The molecule has 0 radical (unpaired) electrons. The van der Waals surface area contributed by atoms with E-state index in [9.17, 15) is 9.90 Å². The number of nitrogen functional groups attached to an aromatic ring is 1. The third-order valence-electron chi connectivity index (χ3n) is 3.17. The highest BCUT2D eigenvalue weighted by molar-refractivity contribution is 5.94. The second kappa shape index (κ2) is 6.74. The van der Waals surface area contributed by atoms with Gasteiger partial charge in [0, 0.05) is 5.69 Å². The summed E-state index contributed by atoms with van der Waals surface area (Å²) < 4.78 is 0. The zero-order valence-electron chi connectivity index (χ0n) is 12.0. The van der Waals surface area contributed by atoms with Gasteiger partial charge >= 0.3 is 5.97 Å². The number of aryl methyl sites for hydroxylation is 1. The van der Waals surface area contributed by atoms with E-state index in [2.05, 4.69) is 17.2 Å². The molecule has 0 fully saturated rings. The third kappa shape index (κ3) is 3.95. The lowest BCUT2D eigenvalue weighted by molar-refractivity contribution is 0.0697. The van der Waals surface area contributed by atoms with Crippen LogP contribution < -0.4 is 11.1 Å². The molecule has 21 heavy (non-hydrogen) atoms. The average molecular weight is 285 g/mol. The average Bonchev–Trinajstić information content (AvgIpc) is 2.48. The van der Waals surface area contributed by atoms with Gasteiger partial charge in [-0.25, -0.2) is 9.78 Å². The van der Waals surface area contributed by atoms with E-state index in [0.29, 0.717) is 5.69 Å². The van der Waals surface area contributed by atoms with Crippen LogP contribution in [0.25, 0.3) is 0 Å². The molecular formula is C16H19N3O2. The fourth-order valence-electron chi connectivity index (χ4n) is 2.02. The second-order valence-electron chi connectivity index (χ2n) is 4.90. The zero-order valence-corrected chi connectivity index (χ0v) is 12.0. The number of carbonyl (C=O) groups is 1. The van der Waals surface area contributed by atoms with Crippen LogP contribution in [0.15, 0.2) is 36.5 Å². The van der Waals surface area contributed by atoms with Crippen molar-refractivity contribution in [1.82, 2.24) is 4.98 Å². The molecule has 0 aliphatic heterocycles. The van der Waals surface area contributed by atoms with Crippen molar-refractivity contribution in [3.8, 4) is 0 Å². The Morgan fingerprint density at radius 1 is 1.33 bits per heavy atom. The van der Waals surface area contributed by atoms with Crippen LogP contribution in [-0.2, 0) is 6.42 Å². The quantitative estimate of drug-likeness (QED) is 0.756. The summed E-state index contributed by atoms with van der Waals surface area (Å²) >= 11 is 0. The number of carboxylic acid groups (broad SMARTS) is 1.